The Bertz CT molecular complexity index is 606. The zero-order valence-electron chi connectivity index (χ0n) is 10.8. The van der Waals surface area contributed by atoms with E-state index in [1.165, 1.54) is 6.92 Å². The number of hydrogen-bond acceptors (Lipinski definition) is 5. The normalized spacial score (nSPS) is 15.7. The minimum absolute atomic E-state index is 0.228. The predicted molar refractivity (Wildman–Crippen MR) is 67.5 cm³/mol. The maximum Gasteiger partial charge on any atom is 0.328 e. The van der Waals surface area contributed by atoms with Gasteiger partial charge in [0.25, 0.3) is 11.5 Å². The van der Waals surface area contributed by atoms with Crippen LogP contribution in [0.2, 0.25) is 0 Å². The molecule has 1 amide bonds. The van der Waals surface area contributed by atoms with Crippen LogP contribution < -0.4 is 10.9 Å². The molecule has 0 radical (unpaired) electrons. The Hall–Kier alpha value is -2.22. The quantitative estimate of drug-likeness (QED) is 0.554. The van der Waals surface area contributed by atoms with Gasteiger partial charge in [0.05, 0.1) is 12.3 Å². The molecule has 20 heavy (non-hydrogen) atoms. The molecular weight excluding hydrogens is 266 g/mol. The molecule has 0 bridgehead atoms. The Morgan fingerprint density at radius 3 is 2.60 bits per heavy atom. The lowest BCUT2D eigenvalue weighted by molar-refractivity contribution is -0.140. The van der Waals surface area contributed by atoms with E-state index >= 15 is 0 Å². The summed E-state index contributed by atoms with van der Waals surface area (Å²) < 4.78 is 0. The molecule has 0 aliphatic heterocycles. The molecular formula is C12H15N3O5. The van der Waals surface area contributed by atoms with Crippen molar-refractivity contribution in [3.63, 3.8) is 0 Å². The van der Waals surface area contributed by atoms with Gasteiger partial charge in [-0.15, -0.1) is 0 Å². The van der Waals surface area contributed by atoms with Gasteiger partial charge in [-0.2, -0.15) is 0 Å². The van der Waals surface area contributed by atoms with Crippen LogP contribution in [0.15, 0.2) is 4.79 Å². The molecule has 4 N–H and O–H groups in total. The molecule has 0 saturated heterocycles. The summed E-state index contributed by atoms with van der Waals surface area (Å²) in [6, 6.07) is -1.45. The molecule has 1 aliphatic rings. The molecule has 1 heterocycles. The molecule has 1 fully saturated rings. The number of nitrogens with zero attached hydrogens (tertiary/aromatic N) is 1. The van der Waals surface area contributed by atoms with Gasteiger partial charge in [-0.05, 0) is 19.8 Å². The number of H-pyrrole nitrogens is 1. The van der Waals surface area contributed by atoms with Gasteiger partial charge in [-0.25, -0.2) is 9.78 Å². The summed E-state index contributed by atoms with van der Waals surface area (Å²) in [5, 5.41) is 19.7. The zero-order chi connectivity index (χ0) is 14.9. The fourth-order valence-electron chi connectivity index (χ4n) is 1.84. The Balaban J connectivity index is 2.25. The first-order valence-corrected chi connectivity index (χ1v) is 6.19. The number of aliphatic carboxylic acids is 1. The summed E-state index contributed by atoms with van der Waals surface area (Å²) >= 11 is 0. The lowest BCUT2D eigenvalue weighted by Crippen LogP contribution is -2.45. The third-order valence-corrected chi connectivity index (χ3v) is 3.10. The number of aliphatic hydroxyl groups excluding tert-OH is 1. The van der Waals surface area contributed by atoms with Crippen LogP contribution >= 0.6 is 0 Å². The lowest BCUT2D eigenvalue weighted by Gasteiger charge is -2.12. The smallest absolute Gasteiger partial charge is 0.328 e. The van der Waals surface area contributed by atoms with E-state index in [-0.39, 0.29) is 17.2 Å². The maximum absolute atomic E-state index is 11.9. The van der Waals surface area contributed by atoms with E-state index in [2.05, 4.69) is 15.3 Å². The van der Waals surface area contributed by atoms with Gasteiger partial charge in [-0.1, -0.05) is 0 Å². The molecule has 0 unspecified atom stereocenters. The molecule has 8 heteroatoms. The van der Waals surface area contributed by atoms with Crippen LogP contribution in [0.4, 0.5) is 0 Å². The number of aryl methyl sites for hydroxylation is 1. The summed E-state index contributed by atoms with van der Waals surface area (Å²) in [6.45, 7) is 0.760. The van der Waals surface area contributed by atoms with Crippen LogP contribution in [0, 0.1) is 6.92 Å². The van der Waals surface area contributed by atoms with Crippen molar-refractivity contribution in [2.75, 3.05) is 6.61 Å². The van der Waals surface area contributed by atoms with Crippen molar-refractivity contribution in [3.8, 4) is 0 Å². The number of aromatic nitrogens is 2. The van der Waals surface area contributed by atoms with Crippen LogP contribution in [0.1, 0.15) is 40.6 Å². The van der Waals surface area contributed by atoms with Gasteiger partial charge < -0.3 is 20.5 Å². The molecule has 0 spiro atoms. The highest BCUT2D eigenvalue weighted by molar-refractivity contribution is 5.97. The molecule has 1 saturated carbocycles. The van der Waals surface area contributed by atoms with Crippen LogP contribution in [-0.2, 0) is 4.79 Å². The lowest BCUT2D eigenvalue weighted by atomic mass is 10.2. The van der Waals surface area contributed by atoms with Crippen molar-refractivity contribution in [2.45, 2.75) is 31.7 Å². The van der Waals surface area contributed by atoms with Crippen LogP contribution in [0.3, 0.4) is 0 Å². The number of aromatic amines is 1. The minimum Gasteiger partial charge on any atom is -0.480 e. The molecule has 8 nitrogen and oxygen atoms in total. The van der Waals surface area contributed by atoms with E-state index in [1.54, 1.807) is 0 Å². The van der Waals surface area contributed by atoms with Crippen LogP contribution in [-0.4, -0.2) is 44.7 Å². The van der Waals surface area contributed by atoms with Crippen molar-refractivity contribution in [1.29, 1.82) is 0 Å². The number of rotatable bonds is 5. The Labute approximate surface area is 113 Å². The van der Waals surface area contributed by atoms with Crippen molar-refractivity contribution in [3.05, 3.63) is 27.4 Å². The van der Waals surface area contributed by atoms with E-state index in [4.69, 9.17) is 10.2 Å². The molecule has 2 rings (SSSR count). The number of nitrogens with one attached hydrogen (secondary N) is 2. The minimum atomic E-state index is -1.45. The summed E-state index contributed by atoms with van der Waals surface area (Å²) in [4.78, 5) is 41.3. The second-order valence-corrected chi connectivity index (χ2v) is 4.73. The van der Waals surface area contributed by atoms with Crippen LogP contribution in [0.25, 0.3) is 0 Å². The number of carbonyl (C=O) groups is 2. The molecule has 1 aromatic heterocycles. The summed E-state index contributed by atoms with van der Waals surface area (Å²) in [7, 11) is 0. The summed E-state index contributed by atoms with van der Waals surface area (Å²) in [5.41, 5.74) is -0.580. The van der Waals surface area contributed by atoms with E-state index in [0.717, 1.165) is 12.8 Å². The highest BCUT2D eigenvalue weighted by atomic mass is 16.4. The molecule has 1 aromatic rings. The molecule has 1 aliphatic carbocycles. The van der Waals surface area contributed by atoms with E-state index in [9.17, 15) is 14.4 Å². The standard InChI is InChI=1S/C12H15N3O5/c1-5-8(10(17)14-7(4-16)12(19)20)11(18)15-9(13-5)6-2-3-6/h6-7,16H,2-4H2,1H3,(H,14,17)(H,19,20)(H,13,15,18)/t7-/m0/s1. The average molecular weight is 281 g/mol. The van der Waals surface area contributed by atoms with Gasteiger partial charge in [0.2, 0.25) is 0 Å². The van der Waals surface area contributed by atoms with E-state index in [0.29, 0.717) is 5.82 Å². The molecule has 108 valence electrons. The third kappa shape index (κ3) is 2.85. The second-order valence-electron chi connectivity index (χ2n) is 4.73. The summed E-state index contributed by atoms with van der Waals surface area (Å²) in [6.07, 6.45) is 1.92. The number of aliphatic hydroxyl groups is 1. The van der Waals surface area contributed by atoms with E-state index in [1.807, 2.05) is 0 Å². The average Bonchev–Trinajstić information content (AvgIpc) is 3.18. The third-order valence-electron chi connectivity index (χ3n) is 3.10. The van der Waals surface area contributed by atoms with Crippen molar-refractivity contribution in [1.82, 2.24) is 15.3 Å². The number of carboxylic acids is 1. The van der Waals surface area contributed by atoms with Crippen LogP contribution in [0.5, 0.6) is 0 Å². The van der Waals surface area contributed by atoms with Gasteiger partial charge in [0.15, 0.2) is 6.04 Å². The Morgan fingerprint density at radius 1 is 1.50 bits per heavy atom. The fourth-order valence-corrected chi connectivity index (χ4v) is 1.84. The van der Waals surface area contributed by atoms with E-state index < -0.39 is 30.1 Å². The van der Waals surface area contributed by atoms with Crippen molar-refractivity contribution in [2.24, 2.45) is 0 Å². The predicted octanol–water partition coefficient (Wildman–Crippen LogP) is -0.869. The first kappa shape index (κ1) is 14.2. The number of hydrogen-bond donors (Lipinski definition) is 4. The largest absolute Gasteiger partial charge is 0.480 e. The molecule has 0 aromatic carbocycles. The monoisotopic (exact) mass is 281 g/mol. The van der Waals surface area contributed by atoms with Crippen molar-refractivity contribution < 1.29 is 19.8 Å². The number of carbonyl (C=O) groups excluding carboxylic acids is 1. The maximum atomic E-state index is 11.9. The van der Waals surface area contributed by atoms with Gasteiger partial charge in [0.1, 0.15) is 11.4 Å². The van der Waals surface area contributed by atoms with Gasteiger partial charge >= 0.3 is 5.97 Å². The number of amides is 1. The topological polar surface area (TPSA) is 132 Å². The second kappa shape index (κ2) is 5.41. The van der Waals surface area contributed by atoms with Crippen molar-refractivity contribution >= 4 is 11.9 Å². The Kier molecular flexibility index (Phi) is 3.84. The zero-order valence-corrected chi connectivity index (χ0v) is 10.8. The first-order valence-electron chi connectivity index (χ1n) is 6.19. The molecule has 1 atom stereocenters. The highest BCUT2D eigenvalue weighted by Gasteiger charge is 2.29. The fraction of sp³-hybridized carbons (Fsp3) is 0.500. The highest BCUT2D eigenvalue weighted by Crippen LogP contribution is 2.37. The first-order chi connectivity index (χ1) is 9.43. The number of carboxylic acid groups (broad SMARTS) is 1. The van der Waals surface area contributed by atoms with Gasteiger partial charge in [-0.3, -0.25) is 9.59 Å². The summed E-state index contributed by atoms with van der Waals surface area (Å²) in [5.74, 6) is -1.44. The van der Waals surface area contributed by atoms with Gasteiger partial charge in [0, 0.05) is 5.92 Å². The SMILES string of the molecule is Cc1nc(C2CC2)[nH]c(=O)c1C(=O)N[C@@H](CO)C(=O)O. The Morgan fingerprint density at radius 2 is 2.15 bits per heavy atom.